The highest BCUT2D eigenvalue weighted by atomic mass is 16.5. The van der Waals surface area contributed by atoms with Crippen LogP contribution in [0, 0.1) is 12.8 Å². The van der Waals surface area contributed by atoms with Crippen LogP contribution >= 0.6 is 0 Å². The molecule has 0 unspecified atom stereocenters. The lowest BCUT2D eigenvalue weighted by molar-refractivity contribution is 0.0394. The molecule has 0 radical (unpaired) electrons. The maximum absolute atomic E-state index is 11.7. The van der Waals surface area contributed by atoms with Gasteiger partial charge >= 0.3 is 5.97 Å². The molecule has 2 N–H and O–H groups in total. The minimum absolute atomic E-state index is 0.00870. The van der Waals surface area contributed by atoms with Crippen molar-refractivity contribution in [3.63, 3.8) is 0 Å². The molecule has 0 heterocycles. The van der Waals surface area contributed by atoms with Gasteiger partial charge in [0.05, 0.1) is 12.2 Å². The van der Waals surface area contributed by atoms with Crippen molar-refractivity contribution >= 4 is 5.97 Å². The number of aliphatic hydroxyl groups excluding tert-OH is 2. The molecule has 0 atom stereocenters. The standard InChI is InChI=1S/C14H20O4/c1-11-2-4-13(5-3-11)14(17)18-10-12(6-8-15)7-9-16/h2-5,12,15-16H,6-10H2,1H3. The lowest BCUT2D eigenvalue weighted by atomic mass is 10.0. The van der Waals surface area contributed by atoms with Gasteiger partial charge in [-0.1, -0.05) is 17.7 Å². The van der Waals surface area contributed by atoms with E-state index in [4.69, 9.17) is 14.9 Å². The maximum atomic E-state index is 11.7. The minimum Gasteiger partial charge on any atom is -0.462 e. The summed E-state index contributed by atoms with van der Waals surface area (Å²) in [5.41, 5.74) is 1.61. The SMILES string of the molecule is Cc1ccc(C(=O)OCC(CCO)CCO)cc1. The first-order valence-electron chi connectivity index (χ1n) is 6.13. The molecule has 1 aromatic carbocycles. The van der Waals surface area contributed by atoms with E-state index in [9.17, 15) is 4.79 Å². The van der Waals surface area contributed by atoms with Crippen LogP contribution < -0.4 is 0 Å². The van der Waals surface area contributed by atoms with E-state index in [1.807, 2.05) is 19.1 Å². The summed E-state index contributed by atoms with van der Waals surface area (Å²) >= 11 is 0. The summed E-state index contributed by atoms with van der Waals surface area (Å²) in [7, 11) is 0. The first-order chi connectivity index (χ1) is 8.67. The van der Waals surface area contributed by atoms with Crippen molar-refractivity contribution in [3.8, 4) is 0 Å². The molecular weight excluding hydrogens is 232 g/mol. The Hall–Kier alpha value is -1.39. The van der Waals surface area contributed by atoms with Crippen LogP contribution in [-0.2, 0) is 4.74 Å². The molecule has 0 spiro atoms. The quantitative estimate of drug-likeness (QED) is 0.722. The molecule has 0 fully saturated rings. The van der Waals surface area contributed by atoms with Gasteiger partial charge in [0.25, 0.3) is 0 Å². The van der Waals surface area contributed by atoms with Gasteiger partial charge in [-0.25, -0.2) is 4.79 Å². The molecule has 1 rings (SSSR count). The van der Waals surface area contributed by atoms with Gasteiger partial charge in [-0.15, -0.1) is 0 Å². The van der Waals surface area contributed by atoms with Crippen LogP contribution in [0.1, 0.15) is 28.8 Å². The van der Waals surface area contributed by atoms with Crippen molar-refractivity contribution in [1.29, 1.82) is 0 Å². The third-order valence-electron chi connectivity index (χ3n) is 2.81. The molecule has 0 saturated carbocycles. The molecule has 18 heavy (non-hydrogen) atoms. The predicted molar refractivity (Wildman–Crippen MR) is 68.4 cm³/mol. The van der Waals surface area contributed by atoms with E-state index in [1.165, 1.54) is 0 Å². The Kier molecular flexibility index (Phi) is 6.39. The van der Waals surface area contributed by atoms with E-state index < -0.39 is 0 Å². The Morgan fingerprint density at radius 1 is 1.17 bits per heavy atom. The van der Waals surface area contributed by atoms with Gasteiger partial charge in [0.2, 0.25) is 0 Å². The zero-order valence-electron chi connectivity index (χ0n) is 10.6. The Morgan fingerprint density at radius 3 is 2.22 bits per heavy atom. The summed E-state index contributed by atoms with van der Waals surface area (Å²) in [4.78, 5) is 11.7. The maximum Gasteiger partial charge on any atom is 0.338 e. The second-order valence-corrected chi connectivity index (χ2v) is 4.36. The molecule has 1 aromatic rings. The number of carbonyl (C=O) groups excluding carboxylic acids is 1. The summed E-state index contributed by atoms with van der Waals surface area (Å²) in [5, 5.41) is 17.7. The topological polar surface area (TPSA) is 66.8 Å². The molecule has 4 heteroatoms. The molecule has 100 valence electrons. The van der Waals surface area contributed by atoms with E-state index in [0.717, 1.165) is 5.56 Å². The van der Waals surface area contributed by atoms with E-state index in [-0.39, 0.29) is 31.7 Å². The first-order valence-corrected chi connectivity index (χ1v) is 6.13. The molecule has 0 saturated heterocycles. The van der Waals surface area contributed by atoms with Crippen LogP contribution in [-0.4, -0.2) is 36.0 Å². The van der Waals surface area contributed by atoms with E-state index >= 15 is 0 Å². The summed E-state index contributed by atoms with van der Waals surface area (Å²) in [6, 6.07) is 7.17. The van der Waals surface area contributed by atoms with Crippen molar-refractivity contribution < 1.29 is 19.7 Å². The summed E-state index contributed by atoms with van der Waals surface area (Å²) in [5.74, 6) is -0.356. The van der Waals surface area contributed by atoms with E-state index in [2.05, 4.69) is 0 Å². The third kappa shape index (κ3) is 4.85. The largest absolute Gasteiger partial charge is 0.462 e. The number of benzene rings is 1. The highest BCUT2D eigenvalue weighted by Crippen LogP contribution is 2.11. The first kappa shape index (κ1) is 14.7. The van der Waals surface area contributed by atoms with Gasteiger partial charge in [0.15, 0.2) is 0 Å². The molecule has 0 bridgehead atoms. The van der Waals surface area contributed by atoms with Gasteiger partial charge in [0.1, 0.15) is 0 Å². The summed E-state index contributed by atoms with van der Waals surface area (Å²) in [6.07, 6.45) is 1.06. The van der Waals surface area contributed by atoms with Crippen LogP contribution in [0.5, 0.6) is 0 Å². The van der Waals surface area contributed by atoms with Gasteiger partial charge in [-0.05, 0) is 37.8 Å². The number of esters is 1. The van der Waals surface area contributed by atoms with Gasteiger partial charge in [-0.3, -0.25) is 0 Å². The summed E-state index contributed by atoms with van der Waals surface area (Å²) < 4.78 is 5.17. The number of rotatable bonds is 7. The minimum atomic E-state index is -0.365. The van der Waals surface area contributed by atoms with Gasteiger partial charge < -0.3 is 14.9 Å². The molecule has 0 aliphatic heterocycles. The molecule has 0 amide bonds. The fraction of sp³-hybridized carbons (Fsp3) is 0.500. The van der Waals surface area contributed by atoms with Crippen LogP contribution in [0.2, 0.25) is 0 Å². The zero-order valence-corrected chi connectivity index (χ0v) is 10.6. The summed E-state index contributed by atoms with van der Waals surface area (Å²) in [6.45, 7) is 2.25. The third-order valence-corrected chi connectivity index (χ3v) is 2.81. The van der Waals surface area contributed by atoms with Crippen LogP contribution in [0.25, 0.3) is 0 Å². The highest BCUT2D eigenvalue weighted by molar-refractivity contribution is 5.89. The number of aliphatic hydroxyl groups is 2. The number of hydrogen-bond donors (Lipinski definition) is 2. The number of aryl methyl sites for hydroxylation is 1. The van der Waals surface area contributed by atoms with Crippen molar-refractivity contribution in [3.05, 3.63) is 35.4 Å². The predicted octanol–water partition coefficient (Wildman–Crippen LogP) is 1.53. The average Bonchev–Trinajstić information content (AvgIpc) is 2.37. The number of carbonyl (C=O) groups is 1. The van der Waals surface area contributed by atoms with E-state index in [1.54, 1.807) is 12.1 Å². The zero-order chi connectivity index (χ0) is 13.4. The van der Waals surface area contributed by atoms with Crippen LogP contribution in [0.3, 0.4) is 0 Å². The van der Waals surface area contributed by atoms with Crippen LogP contribution in [0.15, 0.2) is 24.3 Å². The molecular formula is C14H20O4. The molecule has 4 nitrogen and oxygen atoms in total. The Labute approximate surface area is 107 Å². The normalized spacial score (nSPS) is 10.7. The Balaban J connectivity index is 2.46. The van der Waals surface area contributed by atoms with Crippen molar-refractivity contribution in [2.24, 2.45) is 5.92 Å². The molecule has 0 aliphatic carbocycles. The average molecular weight is 252 g/mol. The second kappa shape index (κ2) is 7.84. The molecule has 0 aromatic heterocycles. The fourth-order valence-corrected chi connectivity index (χ4v) is 1.64. The lowest BCUT2D eigenvalue weighted by Gasteiger charge is -2.14. The van der Waals surface area contributed by atoms with Crippen molar-refractivity contribution in [2.75, 3.05) is 19.8 Å². The highest BCUT2D eigenvalue weighted by Gasteiger charge is 2.12. The van der Waals surface area contributed by atoms with Crippen molar-refractivity contribution in [2.45, 2.75) is 19.8 Å². The van der Waals surface area contributed by atoms with Crippen molar-refractivity contribution in [1.82, 2.24) is 0 Å². The van der Waals surface area contributed by atoms with Gasteiger partial charge in [0, 0.05) is 13.2 Å². The monoisotopic (exact) mass is 252 g/mol. The lowest BCUT2D eigenvalue weighted by Crippen LogP contribution is -2.16. The van der Waals surface area contributed by atoms with Crippen LogP contribution in [0.4, 0.5) is 0 Å². The van der Waals surface area contributed by atoms with Gasteiger partial charge in [-0.2, -0.15) is 0 Å². The Bertz CT molecular complexity index is 353. The fourth-order valence-electron chi connectivity index (χ4n) is 1.64. The number of hydrogen-bond acceptors (Lipinski definition) is 4. The second-order valence-electron chi connectivity index (χ2n) is 4.36. The van der Waals surface area contributed by atoms with E-state index in [0.29, 0.717) is 18.4 Å². The number of ether oxygens (including phenoxy) is 1. The smallest absolute Gasteiger partial charge is 0.338 e. The Morgan fingerprint density at radius 2 is 1.72 bits per heavy atom. The molecule has 0 aliphatic rings.